The predicted octanol–water partition coefficient (Wildman–Crippen LogP) is 5.66. The molecule has 158 valence electrons. The van der Waals surface area contributed by atoms with Crippen molar-refractivity contribution < 1.29 is 19.8 Å². The van der Waals surface area contributed by atoms with Gasteiger partial charge in [0.05, 0.1) is 5.41 Å². The van der Waals surface area contributed by atoms with Crippen molar-refractivity contribution in [1.82, 2.24) is 0 Å². The maximum absolute atomic E-state index is 9.90. The number of hydrogen-bond donors (Lipinski definition) is 2. The molecule has 0 aliphatic heterocycles. The van der Waals surface area contributed by atoms with E-state index in [4.69, 9.17) is 10.2 Å². The first kappa shape index (κ1) is 23.2. The van der Waals surface area contributed by atoms with E-state index in [0.717, 1.165) is 12.8 Å². The number of hydrogen-bond acceptors (Lipinski definition) is 2. The Morgan fingerprint density at radius 2 is 1.27 bits per heavy atom. The highest BCUT2D eigenvalue weighted by Crippen LogP contribution is 2.37. The fourth-order valence-electron chi connectivity index (χ4n) is 3.65. The fourth-order valence-corrected chi connectivity index (χ4v) is 3.65. The Hall–Kier alpha value is -3.06. The Bertz CT molecular complexity index is 791. The molecule has 0 radical (unpaired) electrons. The van der Waals surface area contributed by atoms with Crippen LogP contribution in [0.2, 0.25) is 0 Å². The van der Waals surface area contributed by atoms with E-state index in [2.05, 4.69) is 72.5 Å². The third kappa shape index (κ3) is 7.40. The van der Waals surface area contributed by atoms with Crippen LogP contribution in [0.1, 0.15) is 68.9 Å². The van der Waals surface area contributed by atoms with Crippen molar-refractivity contribution >= 4 is 11.9 Å². The maximum atomic E-state index is 9.90. The Labute approximate surface area is 179 Å². The van der Waals surface area contributed by atoms with Gasteiger partial charge in [-0.3, -0.25) is 9.59 Å². The molecule has 0 atom stereocenters. The normalized spacial score (nSPS) is 14.7. The van der Waals surface area contributed by atoms with Gasteiger partial charge in [-0.1, -0.05) is 79.4 Å². The summed E-state index contributed by atoms with van der Waals surface area (Å²) in [5, 5.41) is 16.3. The Morgan fingerprint density at radius 3 is 1.73 bits per heavy atom. The molecule has 0 saturated heterocycles. The fraction of sp³-hybridized carbons (Fsp3) is 0.385. The van der Waals surface area contributed by atoms with E-state index in [1.54, 1.807) is 0 Å². The molecule has 0 heterocycles. The van der Waals surface area contributed by atoms with E-state index in [9.17, 15) is 9.59 Å². The third-order valence-corrected chi connectivity index (χ3v) is 5.22. The van der Waals surface area contributed by atoms with Gasteiger partial charge in [0.2, 0.25) is 0 Å². The molecule has 4 nitrogen and oxygen atoms in total. The Balaban J connectivity index is 0.000000274. The largest absolute Gasteiger partial charge is 0.481 e. The second-order valence-electron chi connectivity index (χ2n) is 7.49. The van der Waals surface area contributed by atoms with Gasteiger partial charge in [-0.15, -0.1) is 5.92 Å². The average Bonchev–Trinajstić information content (AvgIpc) is 2.73. The highest BCUT2D eigenvalue weighted by molar-refractivity contribution is 5.67. The Kier molecular flexibility index (Phi) is 9.67. The molecule has 0 spiro atoms. The quantitative estimate of drug-likeness (QED) is 0.460. The SMILES string of the molecule is C1#CC(c2ccccc2)(c2ccccc2)CCCCC1.O=C(O)CCCCC(=O)O. The van der Waals surface area contributed by atoms with Crippen LogP contribution in [0.4, 0.5) is 0 Å². The van der Waals surface area contributed by atoms with Crippen LogP contribution in [0.15, 0.2) is 60.7 Å². The van der Waals surface area contributed by atoms with E-state index in [1.165, 1.54) is 30.4 Å². The molecule has 3 rings (SSSR count). The van der Waals surface area contributed by atoms with Gasteiger partial charge in [-0.05, 0) is 36.8 Å². The van der Waals surface area contributed by atoms with Crippen LogP contribution in [-0.4, -0.2) is 22.2 Å². The summed E-state index contributed by atoms with van der Waals surface area (Å²) in [5.41, 5.74) is 2.55. The summed E-state index contributed by atoms with van der Waals surface area (Å²) in [4.78, 5) is 19.8. The lowest BCUT2D eigenvalue weighted by molar-refractivity contribution is -0.139. The first-order valence-electron chi connectivity index (χ1n) is 10.6. The minimum absolute atomic E-state index is 0.0628. The van der Waals surface area contributed by atoms with E-state index in [-0.39, 0.29) is 18.3 Å². The van der Waals surface area contributed by atoms with Crippen LogP contribution in [0.3, 0.4) is 0 Å². The van der Waals surface area contributed by atoms with Crippen molar-refractivity contribution in [2.45, 2.75) is 63.2 Å². The third-order valence-electron chi connectivity index (χ3n) is 5.22. The number of carboxylic acid groups (broad SMARTS) is 2. The molecule has 2 aromatic carbocycles. The second kappa shape index (κ2) is 12.5. The summed E-state index contributed by atoms with van der Waals surface area (Å²) in [6.45, 7) is 0. The van der Waals surface area contributed by atoms with Gasteiger partial charge in [0.15, 0.2) is 0 Å². The summed E-state index contributed by atoms with van der Waals surface area (Å²) in [5.74, 6) is 5.30. The lowest BCUT2D eigenvalue weighted by Crippen LogP contribution is -2.26. The molecule has 4 heteroatoms. The molecule has 0 unspecified atom stereocenters. The van der Waals surface area contributed by atoms with Crippen LogP contribution >= 0.6 is 0 Å². The van der Waals surface area contributed by atoms with Crippen LogP contribution in [-0.2, 0) is 15.0 Å². The van der Waals surface area contributed by atoms with Gasteiger partial charge in [-0.25, -0.2) is 0 Å². The van der Waals surface area contributed by atoms with E-state index >= 15 is 0 Å². The number of carboxylic acids is 2. The molecule has 30 heavy (non-hydrogen) atoms. The van der Waals surface area contributed by atoms with E-state index < -0.39 is 11.9 Å². The molecule has 0 amide bonds. The van der Waals surface area contributed by atoms with Crippen molar-refractivity contribution in [3.05, 3.63) is 71.8 Å². The topological polar surface area (TPSA) is 74.6 Å². The van der Waals surface area contributed by atoms with Crippen molar-refractivity contribution in [2.24, 2.45) is 0 Å². The standard InChI is InChI=1S/C20H20.C6H10O4/c1-2-10-16-20(17-11-3-1,18-12-6-4-7-13-18)19-14-8-5-9-15-19;7-5(8)3-1-2-4-6(9)10/h4-9,12-15H,1-3,10,16H2;1-4H2,(H,7,8)(H,9,10). The molecule has 1 aliphatic rings. The zero-order valence-corrected chi connectivity index (χ0v) is 17.3. The predicted molar refractivity (Wildman–Crippen MR) is 118 cm³/mol. The first-order valence-corrected chi connectivity index (χ1v) is 10.6. The molecule has 0 saturated carbocycles. The van der Waals surface area contributed by atoms with Crippen LogP contribution in [0.25, 0.3) is 0 Å². The summed E-state index contributed by atoms with van der Waals surface area (Å²) in [7, 11) is 0. The van der Waals surface area contributed by atoms with Gasteiger partial charge in [0.25, 0.3) is 0 Å². The smallest absolute Gasteiger partial charge is 0.303 e. The molecule has 0 fully saturated rings. The van der Waals surface area contributed by atoms with Gasteiger partial charge in [0.1, 0.15) is 0 Å². The van der Waals surface area contributed by atoms with Crippen LogP contribution in [0, 0.1) is 11.8 Å². The number of unbranched alkanes of at least 4 members (excludes halogenated alkanes) is 1. The highest BCUT2D eigenvalue weighted by atomic mass is 16.4. The minimum atomic E-state index is -0.870. The van der Waals surface area contributed by atoms with Gasteiger partial charge >= 0.3 is 11.9 Å². The summed E-state index contributed by atoms with van der Waals surface area (Å²) in [6.07, 6.45) is 6.94. The van der Waals surface area contributed by atoms with E-state index in [0.29, 0.717) is 12.8 Å². The van der Waals surface area contributed by atoms with Gasteiger partial charge < -0.3 is 10.2 Å². The molecule has 1 aliphatic carbocycles. The Morgan fingerprint density at radius 1 is 0.767 bits per heavy atom. The zero-order valence-electron chi connectivity index (χ0n) is 17.3. The summed E-state index contributed by atoms with van der Waals surface area (Å²) in [6, 6.07) is 21.6. The monoisotopic (exact) mass is 406 g/mol. The average molecular weight is 407 g/mol. The number of aliphatic carboxylic acids is 2. The number of rotatable bonds is 7. The van der Waals surface area contributed by atoms with Gasteiger partial charge in [0, 0.05) is 19.3 Å². The van der Waals surface area contributed by atoms with Crippen molar-refractivity contribution in [1.29, 1.82) is 0 Å². The van der Waals surface area contributed by atoms with E-state index in [1.807, 2.05) is 0 Å². The highest BCUT2D eigenvalue weighted by Gasteiger charge is 2.32. The summed E-state index contributed by atoms with van der Waals surface area (Å²) < 4.78 is 0. The van der Waals surface area contributed by atoms with Gasteiger partial charge in [-0.2, -0.15) is 0 Å². The van der Waals surface area contributed by atoms with Crippen molar-refractivity contribution in [3.8, 4) is 11.8 Å². The second-order valence-corrected chi connectivity index (χ2v) is 7.49. The van der Waals surface area contributed by atoms with Crippen LogP contribution in [0.5, 0.6) is 0 Å². The molecule has 2 aromatic rings. The molecule has 0 bridgehead atoms. The lowest BCUT2D eigenvalue weighted by atomic mass is 9.71. The zero-order chi connectivity index (χ0) is 21.7. The summed E-state index contributed by atoms with van der Waals surface area (Å²) >= 11 is 0. The number of carbonyl (C=O) groups is 2. The maximum Gasteiger partial charge on any atom is 0.303 e. The molecule has 2 N–H and O–H groups in total. The molecule has 0 aromatic heterocycles. The molecular formula is C26H30O4. The van der Waals surface area contributed by atoms with Crippen molar-refractivity contribution in [3.63, 3.8) is 0 Å². The minimum Gasteiger partial charge on any atom is -0.481 e. The number of benzene rings is 2. The lowest BCUT2D eigenvalue weighted by Gasteiger charge is -2.31. The molecular weight excluding hydrogens is 376 g/mol. The van der Waals surface area contributed by atoms with Crippen LogP contribution < -0.4 is 0 Å². The first-order chi connectivity index (χ1) is 14.5. The van der Waals surface area contributed by atoms with Crippen molar-refractivity contribution in [2.75, 3.05) is 0 Å².